The van der Waals surface area contributed by atoms with Crippen LogP contribution < -0.4 is 14.8 Å². The Balaban J connectivity index is 1.73. The van der Waals surface area contributed by atoms with E-state index in [2.05, 4.69) is 20.1 Å². The molecule has 0 radical (unpaired) electrons. The van der Waals surface area contributed by atoms with Gasteiger partial charge in [-0.1, -0.05) is 6.07 Å². The highest BCUT2D eigenvalue weighted by molar-refractivity contribution is 6.02. The van der Waals surface area contributed by atoms with Crippen molar-refractivity contribution in [2.75, 3.05) is 11.9 Å². The number of carbonyl (C=O) groups excluding carboxylic acids is 1. The number of benzene rings is 1. The summed E-state index contributed by atoms with van der Waals surface area (Å²) in [7, 11) is 1.80. The lowest BCUT2D eigenvalue weighted by atomic mass is 10.2. The molecule has 2 heterocycles. The second-order valence-electron chi connectivity index (χ2n) is 6.14. The second-order valence-corrected chi connectivity index (χ2v) is 6.14. The van der Waals surface area contributed by atoms with Gasteiger partial charge in [-0.25, -0.2) is 4.98 Å². The van der Waals surface area contributed by atoms with Crippen LogP contribution in [0.5, 0.6) is 11.5 Å². The number of amides is 1. The van der Waals surface area contributed by atoms with Crippen molar-refractivity contribution in [1.29, 1.82) is 0 Å². The SMILES string of the molecule is CCOc1cc(/C=C/C(=O)Nc2cnc3c(c2)c(C)nn3C)ccc1OC(F)F. The van der Waals surface area contributed by atoms with E-state index in [1.807, 2.05) is 6.92 Å². The van der Waals surface area contributed by atoms with Crippen LogP contribution in [-0.2, 0) is 11.8 Å². The summed E-state index contributed by atoms with van der Waals surface area (Å²) in [5, 5.41) is 7.88. The quantitative estimate of drug-likeness (QED) is 0.606. The van der Waals surface area contributed by atoms with Crippen LogP contribution in [0.25, 0.3) is 17.1 Å². The summed E-state index contributed by atoms with van der Waals surface area (Å²) >= 11 is 0. The molecule has 9 heteroatoms. The maximum Gasteiger partial charge on any atom is 0.387 e. The van der Waals surface area contributed by atoms with Gasteiger partial charge in [0.2, 0.25) is 5.91 Å². The predicted octanol–water partition coefficient (Wildman–Crippen LogP) is 3.93. The summed E-state index contributed by atoms with van der Waals surface area (Å²) < 4.78 is 36.4. The second kappa shape index (κ2) is 8.68. The Hall–Kier alpha value is -3.49. The minimum Gasteiger partial charge on any atom is -0.490 e. The molecule has 0 spiro atoms. The van der Waals surface area contributed by atoms with Gasteiger partial charge in [-0.05, 0) is 43.7 Å². The molecular weight excluding hydrogens is 382 g/mol. The summed E-state index contributed by atoms with van der Waals surface area (Å²) in [5.41, 5.74) is 2.68. The molecule has 0 aliphatic rings. The zero-order valence-electron chi connectivity index (χ0n) is 16.1. The molecular formula is C20H20F2N4O3. The molecule has 1 N–H and O–H groups in total. The third-order valence-corrected chi connectivity index (χ3v) is 4.04. The van der Waals surface area contributed by atoms with Gasteiger partial charge in [-0.2, -0.15) is 13.9 Å². The normalized spacial score (nSPS) is 11.4. The first-order valence-corrected chi connectivity index (χ1v) is 8.87. The molecule has 0 saturated carbocycles. The van der Waals surface area contributed by atoms with E-state index in [1.54, 1.807) is 43.1 Å². The third-order valence-electron chi connectivity index (χ3n) is 4.04. The molecule has 2 aromatic heterocycles. The number of alkyl halides is 2. The van der Waals surface area contributed by atoms with Gasteiger partial charge in [0.1, 0.15) is 0 Å². The molecule has 1 aromatic carbocycles. The smallest absolute Gasteiger partial charge is 0.387 e. The first-order chi connectivity index (χ1) is 13.9. The molecule has 0 aliphatic carbocycles. The molecule has 3 aromatic rings. The molecule has 0 bridgehead atoms. The fraction of sp³-hybridized carbons (Fsp3) is 0.250. The number of hydrogen-bond acceptors (Lipinski definition) is 5. The number of rotatable bonds is 7. The molecule has 3 rings (SSSR count). The monoisotopic (exact) mass is 402 g/mol. The summed E-state index contributed by atoms with van der Waals surface area (Å²) in [6.07, 6.45) is 4.43. The van der Waals surface area contributed by atoms with Gasteiger partial charge in [0, 0.05) is 18.5 Å². The molecule has 0 saturated heterocycles. The van der Waals surface area contributed by atoms with E-state index in [4.69, 9.17) is 4.74 Å². The van der Waals surface area contributed by atoms with Crippen molar-refractivity contribution < 1.29 is 23.0 Å². The van der Waals surface area contributed by atoms with E-state index in [1.165, 1.54) is 18.2 Å². The number of nitrogens with zero attached hydrogens (tertiary/aromatic N) is 3. The third kappa shape index (κ3) is 4.87. The van der Waals surface area contributed by atoms with Crippen molar-refractivity contribution in [2.24, 2.45) is 7.05 Å². The zero-order valence-corrected chi connectivity index (χ0v) is 16.1. The highest BCUT2D eigenvalue weighted by Crippen LogP contribution is 2.30. The number of nitrogens with one attached hydrogen (secondary N) is 1. The standard InChI is InChI=1S/C20H20F2N4O3/c1-4-28-17-9-13(5-7-16(17)29-20(21)22)6-8-18(27)24-14-10-15-12(2)25-26(3)19(15)23-11-14/h5-11,20H,4H2,1-3H3,(H,24,27)/b8-6+. The van der Waals surface area contributed by atoms with Crippen molar-refractivity contribution >= 4 is 28.7 Å². The van der Waals surface area contributed by atoms with Crippen LogP contribution in [0.15, 0.2) is 36.5 Å². The average molecular weight is 402 g/mol. The Bertz CT molecular complexity index is 1060. The van der Waals surface area contributed by atoms with Crippen LogP contribution in [0.4, 0.5) is 14.5 Å². The van der Waals surface area contributed by atoms with E-state index in [-0.39, 0.29) is 24.0 Å². The number of aromatic nitrogens is 3. The lowest BCUT2D eigenvalue weighted by molar-refractivity contribution is -0.111. The number of hydrogen-bond donors (Lipinski definition) is 1. The predicted molar refractivity (Wildman–Crippen MR) is 105 cm³/mol. The van der Waals surface area contributed by atoms with Crippen LogP contribution in [0.2, 0.25) is 0 Å². The van der Waals surface area contributed by atoms with Crippen LogP contribution in [0, 0.1) is 6.92 Å². The fourth-order valence-corrected chi connectivity index (χ4v) is 2.82. The topological polar surface area (TPSA) is 78.3 Å². The molecule has 29 heavy (non-hydrogen) atoms. The number of carbonyl (C=O) groups is 1. The first-order valence-electron chi connectivity index (χ1n) is 8.87. The number of fused-ring (bicyclic) bond motifs is 1. The van der Waals surface area contributed by atoms with E-state index < -0.39 is 6.61 Å². The summed E-state index contributed by atoms with van der Waals surface area (Å²) in [6.45, 7) is 0.941. The highest BCUT2D eigenvalue weighted by Gasteiger charge is 2.11. The maximum atomic E-state index is 12.5. The Morgan fingerprint density at radius 2 is 2.10 bits per heavy atom. The minimum absolute atomic E-state index is 0.0605. The Morgan fingerprint density at radius 1 is 1.31 bits per heavy atom. The maximum absolute atomic E-state index is 12.5. The van der Waals surface area contributed by atoms with Crippen molar-refractivity contribution in [3.05, 3.63) is 47.8 Å². The van der Waals surface area contributed by atoms with Gasteiger partial charge in [0.15, 0.2) is 17.1 Å². The van der Waals surface area contributed by atoms with E-state index >= 15 is 0 Å². The van der Waals surface area contributed by atoms with E-state index in [0.717, 1.165) is 16.7 Å². The van der Waals surface area contributed by atoms with Gasteiger partial charge < -0.3 is 14.8 Å². The Kier molecular flexibility index (Phi) is 6.06. The van der Waals surface area contributed by atoms with E-state index in [9.17, 15) is 13.6 Å². The average Bonchev–Trinajstić information content (AvgIpc) is 2.95. The number of halogens is 2. The first kappa shape index (κ1) is 20.2. The lowest BCUT2D eigenvalue weighted by Crippen LogP contribution is -2.08. The van der Waals surface area contributed by atoms with Crippen molar-refractivity contribution in [3.63, 3.8) is 0 Å². The van der Waals surface area contributed by atoms with Crippen LogP contribution in [0.1, 0.15) is 18.2 Å². The molecule has 0 unspecified atom stereocenters. The zero-order chi connectivity index (χ0) is 21.0. The van der Waals surface area contributed by atoms with Gasteiger partial charge in [0.05, 0.1) is 24.2 Å². The van der Waals surface area contributed by atoms with E-state index in [0.29, 0.717) is 11.3 Å². The van der Waals surface area contributed by atoms with Gasteiger partial charge >= 0.3 is 6.61 Å². The minimum atomic E-state index is -2.95. The number of aryl methyl sites for hydroxylation is 2. The van der Waals surface area contributed by atoms with Crippen LogP contribution in [-0.4, -0.2) is 33.9 Å². The largest absolute Gasteiger partial charge is 0.490 e. The van der Waals surface area contributed by atoms with Crippen molar-refractivity contribution in [1.82, 2.24) is 14.8 Å². The Labute approximate surface area is 165 Å². The van der Waals surface area contributed by atoms with Gasteiger partial charge in [-0.15, -0.1) is 0 Å². The highest BCUT2D eigenvalue weighted by atomic mass is 19.3. The van der Waals surface area contributed by atoms with Gasteiger partial charge in [0.25, 0.3) is 0 Å². The summed E-state index contributed by atoms with van der Waals surface area (Å²) in [6, 6.07) is 6.26. The fourth-order valence-electron chi connectivity index (χ4n) is 2.82. The lowest BCUT2D eigenvalue weighted by Gasteiger charge is -2.11. The number of pyridine rings is 1. The van der Waals surface area contributed by atoms with Crippen LogP contribution >= 0.6 is 0 Å². The molecule has 1 amide bonds. The molecule has 7 nitrogen and oxygen atoms in total. The summed E-state index contributed by atoms with van der Waals surface area (Å²) in [4.78, 5) is 16.5. The summed E-state index contributed by atoms with van der Waals surface area (Å²) in [5.74, 6) is -0.245. The molecule has 0 atom stereocenters. The number of anilines is 1. The molecule has 0 fully saturated rings. The molecule has 152 valence electrons. The van der Waals surface area contributed by atoms with Crippen molar-refractivity contribution in [3.8, 4) is 11.5 Å². The Morgan fingerprint density at radius 3 is 2.83 bits per heavy atom. The van der Waals surface area contributed by atoms with Crippen LogP contribution in [0.3, 0.4) is 0 Å². The van der Waals surface area contributed by atoms with Crippen molar-refractivity contribution in [2.45, 2.75) is 20.5 Å². The number of ether oxygens (including phenoxy) is 2. The molecule has 0 aliphatic heterocycles. The van der Waals surface area contributed by atoms with Gasteiger partial charge in [-0.3, -0.25) is 9.48 Å².